The lowest BCUT2D eigenvalue weighted by Gasteiger charge is -2.11. The van der Waals surface area contributed by atoms with Crippen LogP contribution in [0.25, 0.3) is 66.1 Å². The van der Waals surface area contributed by atoms with E-state index >= 15 is 0 Å². The first-order valence-corrected chi connectivity index (χ1v) is 12.9. The van der Waals surface area contributed by atoms with Crippen LogP contribution in [-0.4, -0.2) is 14.1 Å². The first-order chi connectivity index (χ1) is 18.8. The largest absolute Gasteiger partial charge is 0.317 e. The monoisotopic (exact) mass is 485 g/mol. The fourth-order valence-electron chi connectivity index (χ4n) is 5.78. The molecule has 0 aliphatic carbocycles. The van der Waals surface area contributed by atoms with Crippen molar-refractivity contribution >= 4 is 43.5 Å². The predicted octanol–water partition coefficient (Wildman–Crippen LogP) is 8.94. The van der Waals surface area contributed by atoms with Gasteiger partial charge in [0.15, 0.2) is 0 Å². The van der Waals surface area contributed by atoms with E-state index < -0.39 is 0 Å². The molecular formula is C35H23N3. The Kier molecular flexibility index (Phi) is 4.52. The average Bonchev–Trinajstić information content (AvgIpc) is 3.56. The van der Waals surface area contributed by atoms with Crippen LogP contribution in [0.4, 0.5) is 0 Å². The highest BCUT2D eigenvalue weighted by atomic mass is 15.1. The van der Waals surface area contributed by atoms with Gasteiger partial charge in [0.1, 0.15) is 5.82 Å². The third-order valence-electron chi connectivity index (χ3n) is 7.58. The van der Waals surface area contributed by atoms with Gasteiger partial charge in [-0.05, 0) is 59.5 Å². The Bertz CT molecular complexity index is 2100. The number of para-hydroxylation sites is 2. The first-order valence-electron chi connectivity index (χ1n) is 12.9. The summed E-state index contributed by atoms with van der Waals surface area (Å²) in [6.07, 6.45) is 4.14. The summed E-state index contributed by atoms with van der Waals surface area (Å²) in [5, 5.41) is 6.14. The molecule has 0 bridgehead atoms. The highest BCUT2D eigenvalue weighted by Crippen LogP contribution is 2.38. The van der Waals surface area contributed by atoms with Crippen LogP contribution in [0.15, 0.2) is 140 Å². The van der Waals surface area contributed by atoms with E-state index in [2.05, 4.69) is 137 Å². The molecule has 0 unspecified atom stereocenters. The number of benzene rings is 5. The van der Waals surface area contributed by atoms with E-state index in [9.17, 15) is 0 Å². The topological polar surface area (TPSA) is 22.8 Å². The Morgan fingerprint density at radius 2 is 1.29 bits per heavy atom. The maximum absolute atomic E-state index is 4.97. The number of hydrogen-bond donors (Lipinski definition) is 0. The molecule has 0 N–H and O–H groups in total. The van der Waals surface area contributed by atoms with Crippen molar-refractivity contribution in [3.05, 3.63) is 140 Å². The smallest absolute Gasteiger partial charge is 0.137 e. The fraction of sp³-hybridized carbons (Fsp3) is 0. The van der Waals surface area contributed by atoms with Crippen molar-refractivity contribution in [2.24, 2.45) is 0 Å². The summed E-state index contributed by atoms with van der Waals surface area (Å²) >= 11 is 0. The Morgan fingerprint density at radius 1 is 0.500 bits per heavy atom. The van der Waals surface area contributed by atoms with Crippen LogP contribution in [0.1, 0.15) is 0 Å². The number of nitrogens with zero attached hydrogens (tertiary/aromatic N) is 3. The number of fused-ring (bicyclic) bond motifs is 6. The van der Waals surface area contributed by atoms with Gasteiger partial charge in [0, 0.05) is 45.2 Å². The van der Waals surface area contributed by atoms with Gasteiger partial charge in [-0.25, -0.2) is 4.98 Å². The molecule has 0 fully saturated rings. The van der Waals surface area contributed by atoms with Gasteiger partial charge >= 0.3 is 0 Å². The lowest BCUT2D eigenvalue weighted by atomic mass is 10.0. The fourth-order valence-corrected chi connectivity index (χ4v) is 5.78. The van der Waals surface area contributed by atoms with Crippen molar-refractivity contribution in [1.82, 2.24) is 14.1 Å². The zero-order valence-electron chi connectivity index (χ0n) is 20.6. The molecule has 0 spiro atoms. The normalized spacial score (nSPS) is 11.7. The van der Waals surface area contributed by atoms with Crippen molar-refractivity contribution in [2.45, 2.75) is 0 Å². The standard InChI is InChI=1S/C35H23N3/c1-3-9-24(10-4-1)27-16-18-34(36-23-27)38-32-14-8-7-13-29(32)30-17-15-25-22-33-26(21-31(25)35(30)38)19-20-37(33)28-11-5-2-6-12-28/h1-23H. The number of rotatable bonds is 3. The summed E-state index contributed by atoms with van der Waals surface area (Å²) in [5.74, 6) is 0.922. The number of pyridine rings is 1. The average molecular weight is 486 g/mol. The van der Waals surface area contributed by atoms with E-state index in [-0.39, 0.29) is 0 Å². The van der Waals surface area contributed by atoms with Gasteiger partial charge < -0.3 is 4.57 Å². The third kappa shape index (κ3) is 3.12. The van der Waals surface area contributed by atoms with Gasteiger partial charge in [0.05, 0.1) is 16.6 Å². The summed E-state index contributed by atoms with van der Waals surface area (Å²) in [6.45, 7) is 0. The van der Waals surface area contributed by atoms with Crippen LogP contribution >= 0.6 is 0 Å². The van der Waals surface area contributed by atoms with E-state index in [0.29, 0.717) is 0 Å². The van der Waals surface area contributed by atoms with Crippen LogP contribution in [-0.2, 0) is 0 Å². The Morgan fingerprint density at radius 3 is 2.11 bits per heavy atom. The van der Waals surface area contributed by atoms with Gasteiger partial charge in [-0.3, -0.25) is 4.57 Å². The summed E-state index contributed by atoms with van der Waals surface area (Å²) in [4.78, 5) is 4.97. The van der Waals surface area contributed by atoms with Gasteiger partial charge in [0.25, 0.3) is 0 Å². The van der Waals surface area contributed by atoms with Crippen molar-refractivity contribution in [1.29, 1.82) is 0 Å². The van der Waals surface area contributed by atoms with Gasteiger partial charge in [-0.15, -0.1) is 0 Å². The van der Waals surface area contributed by atoms with Crippen molar-refractivity contribution in [3.63, 3.8) is 0 Å². The van der Waals surface area contributed by atoms with Crippen LogP contribution < -0.4 is 0 Å². The van der Waals surface area contributed by atoms with Crippen LogP contribution in [0, 0.1) is 0 Å². The number of hydrogen-bond acceptors (Lipinski definition) is 1. The molecule has 3 heterocycles. The minimum Gasteiger partial charge on any atom is -0.317 e. The second kappa shape index (κ2) is 8.19. The highest BCUT2D eigenvalue weighted by molar-refractivity contribution is 6.20. The number of aromatic nitrogens is 3. The van der Waals surface area contributed by atoms with E-state index in [1.807, 2.05) is 12.3 Å². The molecule has 0 atom stereocenters. The van der Waals surface area contributed by atoms with E-state index in [1.54, 1.807) is 0 Å². The van der Waals surface area contributed by atoms with E-state index in [0.717, 1.165) is 16.9 Å². The van der Waals surface area contributed by atoms with Gasteiger partial charge in [-0.2, -0.15) is 0 Å². The summed E-state index contributed by atoms with van der Waals surface area (Å²) in [6, 6.07) is 45.2. The van der Waals surface area contributed by atoms with Crippen molar-refractivity contribution in [2.75, 3.05) is 0 Å². The molecule has 5 aromatic carbocycles. The lowest BCUT2D eigenvalue weighted by Crippen LogP contribution is -1.98. The van der Waals surface area contributed by atoms with Crippen LogP contribution in [0.5, 0.6) is 0 Å². The van der Waals surface area contributed by atoms with Crippen LogP contribution in [0.2, 0.25) is 0 Å². The minimum atomic E-state index is 0.922. The van der Waals surface area contributed by atoms with Crippen molar-refractivity contribution in [3.8, 4) is 22.6 Å². The maximum atomic E-state index is 4.97. The summed E-state index contributed by atoms with van der Waals surface area (Å²) in [5.41, 5.74) is 7.01. The molecule has 0 saturated carbocycles. The zero-order chi connectivity index (χ0) is 25.1. The molecule has 3 nitrogen and oxygen atoms in total. The Hall–Kier alpha value is -5.15. The summed E-state index contributed by atoms with van der Waals surface area (Å²) < 4.78 is 4.58. The third-order valence-corrected chi connectivity index (χ3v) is 7.58. The first kappa shape index (κ1) is 21.0. The molecule has 3 aromatic heterocycles. The van der Waals surface area contributed by atoms with Gasteiger partial charge in [0.2, 0.25) is 0 Å². The summed E-state index contributed by atoms with van der Waals surface area (Å²) in [7, 11) is 0. The van der Waals surface area contributed by atoms with Gasteiger partial charge in [-0.1, -0.05) is 78.9 Å². The quantitative estimate of drug-likeness (QED) is 0.245. The molecule has 0 aliphatic heterocycles. The van der Waals surface area contributed by atoms with Crippen LogP contribution in [0.3, 0.4) is 0 Å². The lowest BCUT2D eigenvalue weighted by molar-refractivity contribution is 1.08. The molecule has 0 saturated heterocycles. The highest BCUT2D eigenvalue weighted by Gasteiger charge is 2.17. The molecule has 8 rings (SSSR count). The SMILES string of the molecule is c1ccc(-c2ccc(-n3c4ccccc4c4ccc5cc6c(ccn6-c6ccccc6)cc5c43)nc2)cc1. The van der Waals surface area contributed by atoms with E-state index in [1.165, 1.54) is 49.2 Å². The molecular weight excluding hydrogens is 462 g/mol. The minimum absolute atomic E-state index is 0.922. The molecule has 8 aromatic rings. The zero-order valence-corrected chi connectivity index (χ0v) is 20.6. The van der Waals surface area contributed by atoms with E-state index in [4.69, 9.17) is 4.98 Å². The maximum Gasteiger partial charge on any atom is 0.137 e. The molecule has 0 radical (unpaired) electrons. The van der Waals surface area contributed by atoms with Crippen molar-refractivity contribution < 1.29 is 0 Å². The molecule has 178 valence electrons. The molecule has 0 aliphatic rings. The predicted molar refractivity (Wildman–Crippen MR) is 158 cm³/mol. The molecule has 3 heteroatoms. The molecule has 38 heavy (non-hydrogen) atoms. The molecule has 0 amide bonds. The second-order valence-corrected chi connectivity index (χ2v) is 9.74. The Balaban J connectivity index is 1.40. The Labute approximate surface area is 219 Å². The second-order valence-electron chi connectivity index (χ2n) is 9.74.